The summed E-state index contributed by atoms with van der Waals surface area (Å²) in [6.45, 7) is 4.69. The van der Waals surface area contributed by atoms with Gasteiger partial charge in [-0.15, -0.1) is 0 Å². The summed E-state index contributed by atoms with van der Waals surface area (Å²) in [5.41, 5.74) is 21.3. The Kier molecular flexibility index (Phi) is 17.6. The molecule has 0 aliphatic carbocycles. The van der Waals surface area contributed by atoms with Gasteiger partial charge in [0.05, 0.1) is 18.6 Å². The summed E-state index contributed by atoms with van der Waals surface area (Å²) in [7, 11) is 0. The number of carboxylic acids is 2. The first-order valence-corrected chi connectivity index (χ1v) is 13.8. The lowest BCUT2D eigenvalue weighted by atomic mass is 10.0. The number of hydrogen-bond acceptors (Lipinski definition) is 10. The Bertz CT molecular complexity index is 1060. The van der Waals surface area contributed by atoms with Gasteiger partial charge in [0.1, 0.15) is 24.2 Å². The zero-order valence-electron chi connectivity index (χ0n) is 24.9. The highest BCUT2D eigenvalue weighted by Crippen LogP contribution is 2.08. The quantitative estimate of drug-likeness (QED) is 0.0324. The van der Waals surface area contributed by atoms with Gasteiger partial charge in [-0.3, -0.25) is 33.8 Å². The molecule has 44 heavy (non-hydrogen) atoms. The Morgan fingerprint density at radius 3 is 1.77 bits per heavy atom. The number of carbonyl (C=O) groups excluding carboxylic acids is 5. The van der Waals surface area contributed by atoms with E-state index in [0.717, 1.165) is 6.92 Å². The van der Waals surface area contributed by atoms with Crippen LogP contribution in [-0.2, 0) is 33.6 Å². The number of aliphatic imine (C=N–C) groups is 1. The van der Waals surface area contributed by atoms with E-state index >= 15 is 0 Å². The van der Waals surface area contributed by atoms with Crippen molar-refractivity contribution in [1.29, 1.82) is 0 Å². The third-order valence-corrected chi connectivity index (χ3v) is 6.01. The van der Waals surface area contributed by atoms with Crippen LogP contribution in [0.5, 0.6) is 0 Å². The Morgan fingerprint density at radius 2 is 1.30 bits per heavy atom. The molecule has 15 N–H and O–H groups in total. The van der Waals surface area contributed by atoms with Gasteiger partial charge >= 0.3 is 11.9 Å². The molecule has 0 aliphatic rings. The van der Waals surface area contributed by atoms with Crippen LogP contribution >= 0.6 is 0 Å². The molecular formula is C25H45N9O10. The van der Waals surface area contributed by atoms with E-state index < -0.39 is 84.2 Å². The monoisotopic (exact) mass is 631 g/mol. The fourth-order valence-corrected chi connectivity index (χ4v) is 3.75. The van der Waals surface area contributed by atoms with Crippen LogP contribution in [0.25, 0.3) is 0 Å². The van der Waals surface area contributed by atoms with Crippen LogP contribution in [0.3, 0.4) is 0 Å². The number of aliphatic hydroxyl groups excluding tert-OH is 1. The van der Waals surface area contributed by atoms with E-state index in [9.17, 15) is 48.9 Å². The molecule has 0 rings (SSSR count). The van der Waals surface area contributed by atoms with Gasteiger partial charge in [-0.25, -0.2) is 4.79 Å². The zero-order chi connectivity index (χ0) is 34.1. The molecule has 5 amide bonds. The average Bonchev–Trinajstić information content (AvgIpc) is 2.89. The second-order valence-corrected chi connectivity index (χ2v) is 10.5. The van der Waals surface area contributed by atoms with Crippen molar-refractivity contribution in [2.45, 2.75) is 95.6 Å². The van der Waals surface area contributed by atoms with Gasteiger partial charge in [0.2, 0.25) is 29.5 Å². The minimum Gasteiger partial charge on any atom is -0.481 e. The number of nitrogens with one attached hydrogen (secondary N) is 4. The smallest absolute Gasteiger partial charge is 0.326 e. The van der Waals surface area contributed by atoms with Crippen LogP contribution in [0.15, 0.2) is 4.99 Å². The summed E-state index contributed by atoms with van der Waals surface area (Å²) in [6, 6.07) is -7.45. The van der Waals surface area contributed by atoms with E-state index in [2.05, 4.69) is 26.3 Å². The summed E-state index contributed by atoms with van der Waals surface area (Å²) in [5, 5.41) is 38.0. The van der Waals surface area contributed by atoms with E-state index in [4.69, 9.17) is 22.9 Å². The number of rotatable bonds is 21. The molecule has 0 heterocycles. The molecule has 19 nitrogen and oxygen atoms in total. The minimum atomic E-state index is -1.75. The Hall–Kier alpha value is -4.52. The summed E-state index contributed by atoms with van der Waals surface area (Å²) >= 11 is 0. The van der Waals surface area contributed by atoms with Gasteiger partial charge in [0.15, 0.2) is 5.96 Å². The van der Waals surface area contributed by atoms with Crippen molar-refractivity contribution in [3.8, 4) is 0 Å². The van der Waals surface area contributed by atoms with Gasteiger partial charge in [0, 0.05) is 13.0 Å². The molecular weight excluding hydrogens is 586 g/mol. The minimum absolute atomic E-state index is 0.0606. The SMILES string of the molecule is CC(C)C[C@H](NC(=O)[C@H](CCCN=C(N)N)NC(=O)[C@@H](NC(=O)[C@H](CC(=O)O)NC(=O)[C@@H](N)CCC(N)=O)[C@@H](C)O)C(=O)O. The molecule has 0 spiro atoms. The second-order valence-electron chi connectivity index (χ2n) is 10.5. The van der Waals surface area contributed by atoms with Gasteiger partial charge in [-0.1, -0.05) is 13.8 Å². The van der Waals surface area contributed by atoms with E-state index in [1.165, 1.54) is 0 Å². The fraction of sp³-hybridized carbons (Fsp3) is 0.680. The number of hydrogen-bond donors (Lipinski definition) is 11. The van der Waals surface area contributed by atoms with Crippen LogP contribution < -0.4 is 44.2 Å². The Labute approximate surface area is 253 Å². The van der Waals surface area contributed by atoms with Crippen molar-refractivity contribution < 1.29 is 48.9 Å². The number of guanidine groups is 1. The number of nitrogens with zero attached hydrogens (tertiary/aromatic N) is 1. The van der Waals surface area contributed by atoms with Crippen LogP contribution in [0.1, 0.15) is 59.3 Å². The molecule has 0 aromatic carbocycles. The molecule has 0 aromatic heterocycles. The third-order valence-electron chi connectivity index (χ3n) is 6.01. The number of aliphatic carboxylic acids is 2. The average molecular weight is 632 g/mol. The maximum Gasteiger partial charge on any atom is 0.326 e. The highest BCUT2D eigenvalue weighted by atomic mass is 16.4. The van der Waals surface area contributed by atoms with E-state index in [0.29, 0.717) is 0 Å². The normalized spacial score (nSPS) is 15.0. The maximum absolute atomic E-state index is 13.2. The number of carboxylic acid groups (broad SMARTS) is 2. The van der Waals surface area contributed by atoms with Crippen LogP contribution in [-0.4, -0.2) is 106 Å². The lowest BCUT2D eigenvalue weighted by Gasteiger charge is -2.27. The molecule has 0 aliphatic heterocycles. The van der Waals surface area contributed by atoms with Crippen molar-refractivity contribution in [3.05, 3.63) is 0 Å². The molecule has 0 saturated carbocycles. The topological polar surface area (TPSA) is 345 Å². The number of aliphatic hydroxyl groups is 1. The van der Waals surface area contributed by atoms with Crippen LogP contribution in [0, 0.1) is 5.92 Å². The predicted octanol–water partition coefficient (Wildman–Crippen LogP) is -4.44. The van der Waals surface area contributed by atoms with Gasteiger partial charge in [-0.05, 0) is 38.5 Å². The lowest BCUT2D eigenvalue weighted by Crippen LogP contribution is -2.61. The predicted molar refractivity (Wildman–Crippen MR) is 155 cm³/mol. The van der Waals surface area contributed by atoms with Crippen LogP contribution in [0.4, 0.5) is 0 Å². The Morgan fingerprint density at radius 1 is 0.750 bits per heavy atom. The first kappa shape index (κ1) is 39.5. The van der Waals surface area contributed by atoms with E-state index in [1.54, 1.807) is 13.8 Å². The molecule has 0 fully saturated rings. The fourth-order valence-electron chi connectivity index (χ4n) is 3.75. The molecule has 0 unspecified atom stereocenters. The molecule has 0 radical (unpaired) electrons. The molecule has 250 valence electrons. The summed E-state index contributed by atoms with van der Waals surface area (Å²) in [5.74, 6) is -7.95. The van der Waals surface area contributed by atoms with Gasteiger partial charge < -0.3 is 59.5 Å². The first-order chi connectivity index (χ1) is 20.3. The lowest BCUT2D eigenvalue weighted by molar-refractivity contribution is -0.143. The highest BCUT2D eigenvalue weighted by molar-refractivity contribution is 5.96. The second kappa shape index (κ2) is 19.6. The molecule has 0 bridgehead atoms. The number of amides is 5. The highest BCUT2D eigenvalue weighted by Gasteiger charge is 2.34. The molecule has 6 atom stereocenters. The summed E-state index contributed by atoms with van der Waals surface area (Å²) in [4.78, 5) is 89.4. The summed E-state index contributed by atoms with van der Waals surface area (Å²) < 4.78 is 0. The van der Waals surface area contributed by atoms with Crippen LogP contribution in [0.2, 0.25) is 0 Å². The standard InChI is InChI=1S/C25H45N9O10/c1-11(2)9-16(24(43)44)33-21(40)14(5-4-8-30-25(28)29)31-23(42)19(12(3)35)34-22(41)15(10-18(37)38)32-20(39)13(26)6-7-17(27)36/h11-16,19,35H,4-10,26H2,1-3H3,(H2,27,36)(H,31,42)(H,32,39)(H,33,40)(H,34,41)(H,37,38)(H,43,44)(H4,28,29,30)/t12-,13+,14+,15+,16+,19+/m1/s1. The molecule has 0 aromatic rings. The Balaban J connectivity index is 5.90. The summed E-state index contributed by atoms with van der Waals surface area (Å²) in [6.07, 6.45) is -2.79. The van der Waals surface area contributed by atoms with Crippen molar-refractivity contribution in [2.75, 3.05) is 6.54 Å². The van der Waals surface area contributed by atoms with Crippen molar-refractivity contribution in [3.63, 3.8) is 0 Å². The first-order valence-electron chi connectivity index (χ1n) is 13.8. The number of nitrogens with two attached hydrogens (primary N) is 4. The van der Waals surface area contributed by atoms with Crippen molar-refractivity contribution in [2.24, 2.45) is 33.8 Å². The number of carbonyl (C=O) groups is 7. The van der Waals surface area contributed by atoms with E-state index in [1.807, 2.05) is 0 Å². The largest absolute Gasteiger partial charge is 0.481 e. The maximum atomic E-state index is 13.2. The molecule has 19 heteroatoms. The zero-order valence-corrected chi connectivity index (χ0v) is 24.9. The number of primary amides is 1. The molecule has 0 saturated heterocycles. The van der Waals surface area contributed by atoms with Gasteiger partial charge in [-0.2, -0.15) is 0 Å². The van der Waals surface area contributed by atoms with Crippen molar-refractivity contribution in [1.82, 2.24) is 21.3 Å². The third kappa shape index (κ3) is 16.2. The van der Waals surface area contributed by atoms with Crippen molar-refractivity contribution >= 4 is 47.4 Å². The van der Waals surface area contributed by atoms with E-state index in [-0.39, 0.29) is 50.5 Å². The van der Waals surface area contributed by atoms with Gasteiger partial charge in [0.25, 0.3) is 0 Å².